The first-order valence-electron chi connectivity index (χ1n) is 8.97. The second kappa shape index (κ2) is 7.03. The maximum atomic E-state index is 13.8. The summed E-state index contributed by atoms with van der Waals surface area (Å²) >= 11 is 0. The Labute approximate surface area is 151 Å². The number of halogens is 2. The number of imidazole rings is 1. The summed E-state index contributed by atoms with van der Waals surface area (Å²) in [6.45, 7) is 4.39. The third-order valence-corrected chi connectivity index (χ3v) is 4.98. The first-order chi connectivity index (χ1) is 12.6. The number of fused-ring (bicyclic) bond motifs is 1. The Balaban J connectivity index is 1.42. The molecule has 1 aliphatic heterocycles. The number of pyridine rings is 1. The SMILES string of the molecule is Cc1cc(F)ccc1N1CCCC(NCc2cn3cccc(F)c3n2)C1. The number of aryl methyl sites for hydroxylation is 1. The normalized spacial score (nSPS) is 17.8. The molecule has 1 N–H and O–H groups in total. The predicted molar refractivity (Wildman–Crippen MR) is 98.4 cm³/mol. The lowest BCUT2D eigenvalue weighted by Crippen LogP contribution is -2.45. The van der Waals surface area contributed by atoms with Crippen molar-refractivity contribution in [3.05, 3.63) is 65.6 Å². The van der Waals surface area contributed by atoms with E-state index < -0.39 is 0 Å². The minimum absolute atomic E-state index is 0.197. The molecule has 6 heteroatoms. The van der Waals surface area contributed by atoms with Crippen molar-refractivity contribution in [1.29, 1.82) is 0 Å². The van der Waals surface area contributed by atoms with Crippen molar-refractivity contribution in [2.24, 2.45) is 0 Å². The highest BCUT2D eigenvalue weighted by Gasteiger charge is 2.21. The van der Waals surface area contributed by atoms with E-state index in [9.17, 15) is 8.78 Å². The van der Waals surface area contributed by atoms with E-state index >= 15 is 0 Å². The van der Waals surface area contributed by atoms with Crippen LogP contribution in [-0.4, -0.2) is 28.5 Å². The van der Waals surface area contributed by atoms with Gasteiger partial charge in [-0.15, -0.1) is 0 Å². The number of nitrogens with zero attached hydrogens (tertiary/aromatic N) is 3. The summed E-state index contributed by atoms with van der Waals surface area (Å²) in [6, 6.07) is 8.37. The second-order valence-corrected chi connectivity index (χ2v) is 6.92. The van der Waals surface area contributed by atoms with E-state index in [-0.39, 0.29) is 11.6 Å². The zero-order valence-corrected chi connectivity index (χ0v) is 14.8. The molecule has 3 heterocycles. The van der Waals surface area contributed by atoms with Crippen molar-refractivity contribution in [3.63, 3.8) is 0 Å². The molecular weight excluding hydrogens is 334 g/mol. The number of rotatable bonds is 4. The lowest BCUT2D eigenvalue weighted by Gasteiger charge is -2.35. The molecule has 4 rings (SSSR count). The zero-order chi connectivity index (χ0) is 18.1. The Morgan fingerprint density at radius 3 is 2.96 bits per heavy atom. The van der Waals surface area contributed by atoms with Crippen molar-refractivity contribution < 1.29 is 8.78 Å². The number of hydrogen-bond donors (Lipinski definition) is 1. The minimum atomic E-state index is -0.311. The average Bonchev–Trinajstić information content (AvgIpc) is 3.05. The van der Waals surface area contributed by atoms with Gasteiger partial charge in [0.2, 0.25) is 0 Å². The van der Waals surface area contributed by atoms with E-state index in [1.54, 1.807) is 22.7 Å². The van der Waals surface area contributed by atoms with Gasteiger partial charge in [0, 0.05) is 43.8 Å². The third kappa shape index (κ3) is 3.42. The average molecular weight is 356 g/mol. The van der Waals surface area contributed by atoms with Gasteiger partial charge < -0.3 is 14.6 Å². The molecule has 26 heavy (non-hydrogen) atoms. The molecule has 1 aliphatic rings. The van der Waals surface area contributed by atoms with Crippen LogP contribution in [0.4, 0.5) is 14.5 Å². The largest absolute Gasteiger partial charge is 0.370 e. The number of aromatic nitrogens is 2. The van der Waals surface area contributed by atoms with Crippen molar-refractivity contribution in [2.45, 2.75) is 32.4 Å². The Morgan fingerprint density at radius 2 is 2.15 bits per heavy atom. The molecule has 1 saturated heterocycles. The molecule has 1 atom stereocenters. The molecule has 136 valence electrons. The standard InChI is InChI=1S/C20H22F2N4/c1-14-10-15(21)6-7-19(14)25-8-2-4-16(12-25)23-11-17-13-26-9-3-5-18(22)20(26)24-17/h3,5-7,9-10,13,16,23H,2,4,8,11-12H2,1H3. The second-order valence-electron chi connectivity index (χ2n) is 6.92. The summed E-state index contributed by atoms with van der Waals surface area (Å²) in [6.07, 6.45) is 5.82. The summed E-state index contributed by atoms with van der Waals surface area (Å²) in [5, 5.41) is 3.53. The van der Waals surface area contributed by atoms with Crippen LogP contribution in [0.25, 0.3) is 5.65 Å². The molecule has 4 nitrogen and oxygen atoms in total. The molecule has 0 aliphatic carbocycles. The molecule has 0 amide bonds. The monoisotopic (exact) mass is 356 g/mol. The predicted octanol–water partition coefficient (Wildman–Crippen LogP) is 3.68. The number of hydrogen-bond acceptors (Lipinski definition) is 3. The van der Waals surface area contributed by atoms with Gasteiger partial charge in [0.15, 0.2) is 11.5 Å². The number of anilines is 1. The molecule has 0 radical (unpaired) electrons. The van der Waals surface area contributed by atoms with Gasteiger partial charge in [-0.25, -0.2) is 13.8 Å². The molecule has 0 spiro atoms. The smallest absolute Gasteiger partial charge is 0.173 e. The van der Waals surface area contributed by atoms with Crippen LogP contribution >= 0.6 is 0 Å². The maximum Gasteiger partial charge on any atom is 0.173 e. The topological polar surface area (TPSA) is 32.6 Å². The van der Waals surface area contributed by atoms with Crippen LogP contribution in [0, 0.1) is 18.6 Å². The summed E-state index contributed by atoms with van der Waals surface area (Å²) in [4.78, 5) is 6.67. The van der Waals surface area contributed by atoms with Crippen LogP contribution in [0.5, 0.6) is 0 Å². The molecule has 0 bridgehead atoms. The van der Waals surface area contributed by atoms with Crippen molar-refractivity contribution in [1.82, 2.24) is 14.7 Å². The van der Waals surface area contributed by atoms with E-state index in [1.807, 2.05) is 19.2 Å². The van der Waals surface area contributed by atoms with Gasteiger partial charge in [0.25, 0.3) is 0 Å². The molecule has 2 aromatic heterocycles. The van der Waals surface area contributed by atoms with Gasteiger partial charge in [0.05, 0.1) is 5.69 Å². The van der Waals surface area contributed by atoms with Gasteiger partial charge in [-0.1, -0.05) is 0 Å². The van der Waals surface area contributed by atoms with E-state index in [0.717, 1.165) is 42.9 Å². The van der Waals surface area contributed by atoms with E-state index in [1.165, 1.54) is 12.1 Å². The van der Waals surface area contributed by atoms with Crippen LogP contribution in [0.2, 0.25) is 0 Å². The molecule has 3 aromatic rings. The summed E-state index contributed by atoms with van der Waals surface area (Å²) in [5.41, 5.74) is 3.23. The Kier molecular flexibility index (Phi) is 4.59. The lowest BCUT2D eigenvalue weighted by molar-refractivity contribution is 0.419. The minimum Gasteiger partial charge on any atom is -0.370 e. The molecular formula is C20H22F2N4. The van der Waals surface area contributed by atoms with Crippen LogP contribution in [0.1, 0.15) is 24.1 Å². The highest BCUT2D eigenvalue weighted by atomic mass is 19.1. The van der Waals surface area contributed by atoms with E-state index in [0.29, 0.717) is 18.2 Å². The van der Waals surface area contributed by atoms with E-state index in [2.05, 4.69) is 15.2 Å². The van der Waals surface area contributed by atoms with Gasteiger partial charge in [-0.2, -0.15) is 0 Å². The summed E-state index contributed by atoms with van der Waals surface area (Å²) in [5.74, 6) is -0.508. The fourth-order valence-corrected chi connectivity index (χ4v) is 3.70. The highest BCUT2D eigenvalue weighted by Crippen LogP contribution is 2.24. The first-order valence-corrected chi connectivity index (χ1v) is 8.97. The molecule has 0 saturated carbocycles. The lowest BCUT2D eigenvalue weighted by atomic mass is 10.0. The zero-order valence-electron chi connectivity index (χ0n) is 14.8. The van der Waals surface area contributed by atoms with Crippen LogP contribution in [0.15, 0.2) is 42.7 Å². The van der Waals surface area contributed by atoms with Gasteiger partial charge in [-0.05, 0) is 55.7 Å². The number of piperidine rings is 1. The van der Waals surface area contributed by atoms with Crippen molar-refractivity contribution in [3.8, 4) is 0 Å². The summed E-state index contributed by atoms with van der Waals surface area (Å²) in [7, 11) is 0. The Bertz CT molecular complexity index is 921. The fourth-order valence-electron chi connectivity index (χ4n) is 3.70. The van der Waals surface area contributed by atoms with Crippen LogP contribution in [0.3, 0.4) is 0 Å². The van der Waals surface area contributed by atoms with Gasteiger partial charge in [-0.3, -0.25) is 0 Å². The Hall–Kier alpha value is -2.47. The maximum absolute atomic E-state index is 13.8. The third-order valence-electron chi connectivity index (χ3n) is 4.98. The van der Waals surface area contributed by atoms with Crippen LogP contribution < -0.4 is 10.2 Å². The highest BCUT2D eigenvalue weighted by molar-refractivity contribution is 5.53. The van der Waals surface area contributed by atoms with Crippen LogP contribution in [-0.2, 0) is 6.54 Å². The van der Waals surface area contributed by atoms with Crippen molar-refractivity contribution >= 4 is 11.3 Å². The quantitative estimate of drug-likeness (QED) is 0.774. The van der Waals surface area contributed by atoms with E-state index in [4.69, 9.17) is 0 Å². The first kappa shape index (κ1) is 17.0. The summed E-state index contributed by atoms with van der Waals surface area (Å²) < 4.78 is 28.8. The molecule has 1 unspecified atom stereocenters. The Morgan fingerprint density at radius 1 is 1.27 bits per heavy atom. The number of benzene rings is 1. The molecule has 1 aromatic carbocycles. The molecule has 1 fully saturated rings. The van der Waals surface area contributed by atoms with Crippen molar-refractivity contribution in [2.75, 3.05) is 18.0 Å². The van der Waals surface area contributed by atoms with Gasteiger partial charge >= 0.3 is 0 Å². The van der Waals surface area contributed by atoms with Gasteiger partial charge in [0.1, 0.15) is 5.82 Å². The fraction of sp³-hybridized carbons (Fsp3) is 0.350. The number of nitrogens with one attached hydrogen (secondary N) is 1.